The van der Waals surface area contributed by atoms with Gasteiger partial charge in [-0.25, -0.2) is 8.42 Å². The number of hydrogen-bond donors (Lipinski definition) is 0. The Bertz CT molecular complexity index is 736. The molecule has 0 aliphatic rings. The van der Waals surface area contributed by atoms with Crippen molar-refractivity contribution in [3.63, 3.8) is 0 Å². The molecule has 0 heterocycles. The lowest BCUT2D eigenvalue weighted by Crippen LogP contribution is -2.31. The summed E-state index contributed by atoms with van der Waals surface area (Å²) in [5.74, 6) is 0. The van der Waals surface area contributed by atoms with E-state index < -0.39 is 10.0 Å². The van der Waals surface area contributed by atoms with Crippen molar-refractivity contribution < 1.29 is 8.42 Å². The van der Waals surface area contributed by atoms with Gasteiger partial charge in [0.1, 0.15) is 0 Å². The summed E-state index contributed by atoms with van der Waals surface area (Å²) in [6.07, 6.45) is 3.21. The lowest BCUT2D eigenvalue weighted by Gasteiger charge is -2.24. The number of rotatable bonds is 6. The van der Waals surface area contributed by atoms with E-state index >= 15 is 0 Å². The van der Waals surface area contributed by atoms with Gasteiger partial charge in [0.15, 0.2) is 0 Å². The summed E-state index contributed by atoms with van der Waals surface area (Å²) in [5.41, 5.74) is 1.36. The average Bonchev–Trinajstić information content (AvgIpc) is 2.53. The second-order valence-electron chi connectivity index (χ2n) is 4.40. The molecule has 21 heavy (non-hydrogen) atoms. The molecule has 0 bridgehead atoms. The number of para-hydroxylation sites is 1. The molecule has 2 aromatic rings. The van der Waals surface area contributed by atoms with E-state index in [9.17, 15) is 8.42 Å². The van der Waals surface area contributed by atoms with E-state index in [1.807, 2.05) is 12.1 Å². The predicted molar refractivity (Wildman–Crippen MR) is 87.7 cm³/mol. The summed E-state index contributed by atoms with van der Waals surface area (Å²) in [6, 6.07) is 15.6. The maximum Gasteiger partial charge on any atom is 0.264 e. The Morgan fingerprint density at radius 3 is 2.19 bits per heavy atom. The van der Waals surface area contributed by atoms with Crippen LogP contribution in [0.4, 0.5) is 5.69 Å². The normalized spacial score (nSPS) is 10.9. The van der Waals surface area contributed by atoms with E-state index in [2.05, 4.69) is 13.2 Å². The SMILES string of the molecule is C=CCN(c1ccccc1C=C)S(=O)(=O)c1ccccc1. The highest BCUT2D eigenvalue weighted by Gasteiger charge is 2.24. The zero-order valence-electron chi connectivity index (χ0n) is 11.6. The number of benzene rings is 2. The van der Waals surface area contributed by atoms with Crippen LogP contribution in [0.3, 0.4) is 0 Å². The van der Waals surface area contributed by atoms with Crippen LogP contribution in [0.2, 0.25) is 0 Å². The minimum atomic E-state index is -3.63. The fourth-order valence-corrected chi connectivity index (χ4v) is 3.53. The second-order valence-corrected chi connectivity index (χ2v) is 6.26. The second kappa shape index (κ2) is 6.41. The van der Waals surface area contributed by atoms with Crippen LogP contribution in [-0.2, 0) is 10.0 Å². The summed E-state index contributed by atoms with van der Waals surface area (Å²) < 4.78 is 27.0. The number of hydrogen-bond acceptors (Lipinski definition) is 2. The first-order valence-corrected chi connectivity index (χ1v) is 7.95. The predicted octanol–water partition coefficient (Wildman–Crippen LogP) is 3.71. The van der Waals surface area contributed by atoms with E-state index in [1.165, 1.54) is 4.31 Å². The Morgan fingerprint density at radius 1 is 0.952 bits per heavy atom. The van der Waals surface area contributed by atoms with Crippen molar-refractivity contribution in [2.45, 2.75) is 4.90 Å². The van der Waals surface area contributed by atoms with Gasteiger partial charge >= 0.3 is 0 Å². The van der Waals surface area contributed by atoms with Gasteiger partial charge in [-0.15, -0.1) is 6.58 Å². The third-order valence-corrected chi connectivity index (χ3v) is 4.85. The highest BCUT2D eigenvalue weighted by molar-refractivity contribution is 7.92. The Labute approximate surface area is 125 Å². The largest absolute Gasteiger partial charge is 0.264 e. The first-order valence-electron chi connectivity index (χ1n) is 6.51. The molecule has 3 nitrogen and oxygen atoms in total. The molecule has 0 aliphatic heterocycles. The summed E-state index contributed by atoms with van der Waals surface area (Å²) in [7, 11) is -3.63. The molecular formula is C17H17NO2S. The van der Waals surface area contributed by atoms with Gasteiger partial charge in [0.2, 0.25) is 0 Å². The van der Waals surface area contributed by atoms with E-state index in [1.54, 1.807) is 54.6 Å². The molecular weight excluding hydrogens is 282 g/mol. The van der Waals surface area contributed by atoms with Crippen LogP contribution in [-0.4, -0.2) is 15.0 Å². The van der Waals surface area contributed by atoms with E-state index in [4.69, 9.17) is 0 Å². The van der Waals surface area contributed by atoms with Gasteiger partial charge in [-0.1, -0.05) is 55.1 Å². The first kappa shape index (κ1) is 15.1. The molecule has 0 fully saturated rings. The Balaban J connectivity index is 2.59. The zero-order chi connectivity index (χ0) is 15.3. The quantitative estimate of drug-likeness (QED) is 0.763. The fourth-order valence-electron chi connectivity index (χ4n) is 2.05. The van der Waals surface area contributed by atoms with Crippen molar-refractivity contribution in [3.05, 3.63) is 79.4 Å². The molecule has 108 valence electrons. The minimum Gasteiger partial charge on any atom is -0.262 e. The topological polar surface area (TPSA) is 37.4 Å². The molecule has 2 aromatic carbocycles. The summed E-state index contributed by atoms with van der Waals surface area (Å²) >= 11 is 0. The lowest BCUT2D eigenvalue weighted by atomic mass is 10.2. The fraction of sp³-hybridized carbons (Fsp3) is 0.0588. The van der Waals surface area contributed by atoms with Gasteiger partial charge in [0.25, 0.3) is 10.0 Å². The van der Waals surface area contributed by atoms with E-state index in [0.29, 0.717) is 5.69 Å². The maximum atomic E-state index is 12.8. The molecule has 2 rings (SSSR count). The molecule has 0 aromatic heterocycles. The van der Waals surface area contributed by atoms with Gasteiger partial charge in [-0.2, -0.15) is 0 Å². The van der Waals surface area contributed by atoms with Crippen molar-refractivity contribution in [2.24, 2.45) is 0 Å². The van der Waals surface area contributed by atoms with Crippen LogP contribution >= 0.6 is 0 Å². The van der Waals surface area contributed by atoms with Crippen LogP contribution in [0.5, 0.6) is 0 Å². The molecule has 0 saturated heterocycles. The summed E-state index contributed by atoms with van der Waals surface area (Å²) in [6.45, 7) is 7.59. The van der Waals surface area contributed by atoms with Crippen molar-refractivity contribution in [1.82, 2.24) is 0 Å². The van der Waals surface area contributed by atoms with Crippen molar-refractivity contribution in [1.29, 1.82) is 0 Å². The van der Waals surface area contributed by atoms with Crippen LogP contribution < -0.4 is 4.31 Å². The number of nitrogens with zero attached hydrogens (tertiary/aromatic N) is 1. The van der Waals surface area contributed by atoms with Gasteiger partial charge in [-0.05, 0) is 23.8 Å². The van der Waals surface area contributed by atoms with E-state index in [0.717, 1.165) is 5.56 Å². The van der Waals surface area contributed by atoms with Crippen molar-refractivity contribution >= 4 is 21.8 Å². The van der Waals surface area contributed by atoms with Crippen LogP contribution in [0, 0.1) is 0 Å². The first-order chi connectivity index (χ1) is 10.1. The van der Waals surface area contributed by atoms with Gasteiger partial charge in [0.05, 0.1) is 17.1 Å². The Morgan fingerprint density at radius 2 is 1.57 bits per heavy atom. The highest BCUT2D eigenvalue weighted by Crippen LogP contribution is 2.27. The van der Waals surface area contributed by atoms with E-state index in [-0.39, 0.29) is 11.4 Å². The van der Waals surface area contributed by atoms with Crippen molar-refractivity contribution in [3.8, 4) is 0 Å². The summed E-state index contributed by atoms with van der Waals surface area (Å²) in [5, 5.41) is 0. The molecule has 0 radical (unpaired) electrons. The van der Waals surface area contributed by atoms with Crippen LogP contribution in [0.1, 0.15) is 5.56 Å². The Kier molecular flexibility index (Phi) is 4.60. The molecule has 0 amide bonds. The standard InChI is InChI=1S/C17H17NO2S/c1-3-14-18(17-13-9-8-10-15(17)4-2)21(19,20)16-11-6-5-7-12-16/h3-13H,1-2,14H2. The minimum absolute atomic E-state index is 0.197. The molecule has 0 saturated carbocycles. The number of sulfonamides is 1. The van der Waals surface area contributed by atoms with Crippen molar-refractivity contribution in [2.75, 3.05) is 10.8 Å². The maximum absolute atomic E-state index is 12.8. The highest BCUT2D eigenvalue weighted by atomic mass is 32.2. The molecule has 0 aliphatic carbocycles. The molecule has 0 atom stereocenters. The van der Waals surface area contributed by atoms with Crippen LogP contribution in [0.25, 0.3) is 6.08 Å². The smallest absolute Gasteiger partial charge is 0.262 e. The average molecular weight is 299 g/mol. The number of anilines is 1. The third kappa shape index (κ3) is 3.06. The van der Waals surface area contributed by atoms with Gasteiger partial charge < -0.3 is 0 Å². The molecule has 0 N–H and O–H groups in total. The summed E-state index contributed by atoms with van der Waals surface area (Å²) in [4.78, 5) is 0.255. The van der Waals surface area contributed by atoms with Crippen LogP contribution in [0.15, 0.2) is 78.7 Å². The Hall–Kier alpha value is -2.33. The molecule has 4 heteroatoms. The third-order valence-electron chi connectivity index (χ3n) is 3.05. The monoisotopic (exact) mass is 299 g/mol. The van der Waals surface area contributed by atoms with Gasteiger partial charge in [-0.3, -0.25) is 4.31 Å². The lowest BCUT2D eigenvalue weighted by molar-refractivity contribution is 0.593. The molecule has 0 unspecified atom stereocenters. The zero-order valence-corrected chi connectivity index (χ0v) is 12.5. The van der Waals surface area contributed by atoms with Gasteiger partial charge in [0, 0.05) is 0 Å². The molecule has 0 spiro atoms.